The number of nitrogens with one attached hydrogen (secondary N) is 2. The summed E-state index contributed by atoms with van der Waals surface area (Å²) < 4.78 is 5.30. The van der Waals surface area contributed by atoms with Crippen LogP contribution in [0.3, 0.4) is 0 Å². The number of ketones is 1. The zero-order valence-electron chi connectivity index (χ0n) is 20.2. The Hall–Kier alpha value is -2.41. The van der Waals surface area contributed by atoms with Crippen molar-refractivity contribution in [3.63, 3.8) is 0 Å². The van der Waals surface area contributed by atoms with E-state index in [2.05, 4.69) is 10.6 Å². The minimum absolute atomic E-state index is 0.0193. The minimum atomic E-state index is -1.02. The third kappa shape index (κ3) is 7.05. The normalized spacial score (nSPS) is 21.1. The monoisotopic (exact) mass is 446 g/mol. The molecule has 5 atom stereocenters. The summed E-state index contributed by atoms with van der Waals surface area (Å²) in [5.41, 5.74) is 0.193. The van der Waals surface area contributed by atoms with Gasteiger partial charge in [-0.2, -0.15) is 0 Å². The number of carbonyl (C=O) groups excluding carboxylic acids is 3. The molecule has 0 heterocycles. The van der Waals surface area contributed by atoms with Crippen molar-refractivity contribution in [1.29, 1.82) is 0 Å². The topological polar surface area (TPSA) is 105 Å². The summed E-state index contributed by atoms with van der Waals surface area (Å²) in [7, 11) is 0. The fourth-order valence-electron chi connectivity index (χ4n) is 3.94. The van der Waals surface area contributed by atoms with Crippen LogP contribution in [-0.4, -0.2) is 46.7 Å². The molecule has 3 N–H and O–H groups in total. The van der Waals surface area contributed by atoms with Crippen LogP contribution in [0.1, 0.15) is 66.4 Å². The van der Waals surface area contributed by atoms with Gasteiger partial charge in [0.2, 0.25) is 5.91 Å². The average molecular weight is 447 g/mol. The van der Waals surface area contributed by atoms with Gasteiger partial charge in [-0.25, -0.2) is 4.79 Å². The van der Waals surface area contributed by atoms with Gasteiger partial charge in [0.1, 0.15) is 17.4 Å². The zero-order valence-corrected chi connectivity index (χ0v) is 20.2. The van der Waals surface area contributed by atoms with Crippen molar-refractivity contribution in [2.75, 3.05) is 0 Å². The number of carbonyl (C=O) groups is 3. The molecular formula is C25H38N2O5. The molecular weight excluding hydrogens is 408 g/mol. The quantitative estimate of drug-likeness (QED) is 0.539. The van der Waals surface area contributed by atoms with Crippen molar-refractivity contribution in [3.05, 3.63) is 35.9 Å². The van der Waals surface area contributed by atoms with Crippen LogP contribution in [0.4, 0.5) is 4.79 Å². The van der Waals surface area contributed by atoms with Gasteiger partial charge >= 0.3 is 6.09 Å². The van der Waals surface area contributed by atoms with E-state index in [9.17, 15) is 19.5 Å². The number of rotatable bonds is 9. The number of aliphatic hydroxyl groups is 1. The van der Waals surface area contributed by atoms with E-state index in [1.165, 1.54) is 0 Å². The van der Waals surface area contributed by atoms with E-state index in [0.29, 0.717) is 6.42 Å². The van der Waals surface area contributed by atoms with E-state index in [-0.39, 0.29) is 23.5 Å². The summed E-state index contributed by atoms with van der Waals surface area (Å²) in [5.74, 6) is -1.28. The van der Waals surface area contributed by atoms with Crippen molar-refractivity contribution in [2.24, 2.45) is 17.8 Å². The van der Waals surface area contributed by atoms with Gasteiger partial charge < -0.3 is 20.5 Å². The molecule has 7 heteroatoms. The molecule has 1 fully saturated rings. The number of hydrogen-bond donors (Lipinski definition) is 3. The van der Waals surface area contributed by atoms with Crippen LogP contribution in [0.2, 0.25) is 0 Å². The summed E-state index contributed by atoms with van der Waals surface area (Å²) >= 11 is 0. The highest BCUT2D eigenvalue weighted by molar-refractivity contribution is 6.05. The smallest absolute Gasteiger partial charge is 0.408 e. The second-order valence-corrected chi connectivity index (χ2v) is 10.4. The third-order valence-electron chi connectivity index (χ3n) is 5.52. The van der Waals surface area contributed by atoms with Gasteiger partial charge in [-0.1, -0.05) is 58.0 Å². The first kappa shape index (κ1) is 25.8. The molecule has 1 aliphatic rings. The Kier molecular flexibility index (Phi) is 8.46. The lowest BCUT2D eigenvalue weighted by Crippen LogP contribution is -2.55. The number of amides is 2. The van der Waals surface area contributed by atoms with Crippen molar-refractivity contribution in [2.45, 2.75) is 84.6 Å². The molecule has 1 aliphatic carbocycles. The summed E-state index contributed by atoms with van der Waals surface area (Å²) in [6, 6.07) is 7.93. The summed E-state index contributed by atoms with van der Waals surface area (Å²) in [4.78, 5) is 37.8. The molecule has 0 saturated heterocycles. The number of ether oxygens (including phenoxy) is 1. The maximum atomic E-state index is 13.1. The molecule has 2 amide bonds. The Balaban J connectivity index is 2.11. The highest BCUT2D eigenvalue weighted by atomic mass is 16.6. The molecule has 1 aromatic carbocycles. The molecule has 1 aromatic rings. The maximum Gasteiger partial charge on any atom is 0.408 e. The van der Waals surface area contributed by atoms with Gasteiger partial charge in [0, 0.05) is 0 Å². The van der Waals surface area contributed by atoms with E-state index < -0.39 is 41.7 Å². The lowest BCUT2D eigenvalue weighted by atomic mass is 9.92. The van der Waals surface area contributed by atoms with Crippen molar-refractivity contribution in [3.8, 4) is 0 Å². The standard InChI is InChI=1S/C25H38N2O5/c1-14(2)13-17(26-24(31)32-25(5,6)7)23(30)27-20(15(3)4)22(29)19-18(21(19)28)16-11-9-8-10-12-16/h8-12,14-15,17-20,22,29H,13H2,1-7H3,(H,26,31)(H,27,30)/t17-,18?,19?,20-,22-/m0/s1. The molecule has 0 radical (unpaired) electrons. The second kappa shape index (κ2) is 10.5. The SMILES string of the molecule is CC(C)C[C@H](NC(=O)OC(C)(C)C)C(=O)N[C@@H](C(C)C)[C@@H](O)C1C(=O)C1c1ccccc1. The highest BCUT2D eigenvalue weighted by Gasteiger charge is 2.56. The number of aliphatic hydroxyl groups excluding tert-OH is 1. The molecule has 0 bridgehead atoms. The van der Waals surface area contributed by atoms with Crippen LogP contribution in [0.25, 0.3) is 0 Å². The fourth-order valence-corrected chi connectivity index (χ4v) is 3.94. The molecule has 32 heavy (non-hydrogen) atoms. The molecule has 178 valence electrons. The summed E-state index contributed by atoms with van der Waals surface area (Å²) in [5, 5.41) is 16.6. The first-order chi connectivity index (χ1) is 14.8. The lowest BCUT2D eigenvalue weighted by Gasteiger charge is -2.30. The van der Waals surface area contributed by atoms with Crippen LogP contribution < -0.4 is 10.6 Å². The first-order valence-electron chi connectivity index (χ1n) is 11.4. The Morgan fingerprint density at radius 1 is 1.06 bits per heavy atom. The Morgan fingerprint density at radius 2 is 1.66 bits per heavy atom. The molecule has 0 aliphatic heterocycles. The zero-order chi connectivity index (χ0) is 24.2. The van der Waals surface area contributed by atoms with E-state index in [4.69, 9.17) is 4.74 Å². The van der Waals surface area contributed by atoms with E-state index in [0.717, 1.165) is 5.56 Å². The molecule has 2 unspecified atom stereocenters. The van der Waals surface area contributed by atoms with Crippen LogP contribution in [0.5, 0.6) is 0 Å². The molecule has 0 spiro atoms. The number of benzene rings is 1. The van der Waals surface area contributed by atoms with Crippen LogP contribution in [-0.2, 0) is 14.3 Å². The van der Waals surface area contributed by atoms with Gasteiger partial charge in [-0.3, -0.25) is 9.59 Å². The maximum absolute atomic E-state index is 13.1. The van der Waals surface area contributed by atoms with Gasteiger partial charge in [-0.15, -0.1) is 0 Å². The number of alkyl carbamates (subject to hydrolysis) is 1. The van der Waals surface area contributed by atoms with Crippen molar-refractivity contribution >= 4 is 17.8 Å². The molecule has 0 aromatic heterocycles. The number of Topliss-reactive ketones (excluding diaryl/α,β-unsaturated/α-hetero) is 1. The minimum Gasteiger partial charge on any atom is -0.444 e. The first-order valence-corrected chi connectivity index (χ1v) is 11.4. The second-order valence-electron chi connectivity index (χ2n) is 10.4. The Bertz CT molecular complexity index is 800. The molecule has 7 nitrogen and oxygen atoms in total. The summed E-state index contributed by atoms with van der Waals surface area (Å²) in [6.07, 6.45) is -1.26. The Morgan fingerprint density at radius 3 is 2.16 bits per heavy atom. The van der Waals surface area contributed by atoms with Gasteiger partial charge in [-0.05, 0) is 44.6 Å². The lowest BCUT2D eigenvalue weighted by molar-refractivity contribution is -0.126. The van der Waals surface area contributed by atoms with E-state index >= 15 is 0 Å². The molecule has 2 rings (SSSR count). The fraction of sp³-hybridized carbons (Fsp3) is 0.640. The predicted octanol–water partition coefficient (Wildman–Crippen LogP) is 3.41. The van der Waals surface area contributed by atoms with Crippen molar-refractivity contribution in [1.82, 2.24) is 10.6 Å². The van der Waals surface area contributed by atoms with Crippen LogP contribution in [0, 0.1) is 17.8 Å². The van der Waals surface area contributed by atoms with E-state index in [1.807, 2.05) is 58.0 Å². The third-order valence-corrected chi connectivity index (χ3v) is 5.52. The Labute approximate surface area is 191 Å². The van der Waals surface area contributed by atoms with Crippen LogP contribution >= 0.6 is 0 Å². The highest BCUT2D eigenvalue weighted by Crippen LogP contribution is 2.46. The van der Waals surface area contributed by atoms with Gasteiger partial charge in [0.15, 0.2) is 0 Å². The molecule has 1 saturated carbocycles. The van der Waals surface area contributed by atoms with Gasteiger partial charge in [0.05, 0.1) is 24.0 Å². The van der Waals surface area contributed by atoms with Crippen molar-refractivity contribution < 1.29 is 24.2 Å². The largest absolute Gasteiger partial charge is 0.444 e. The van der Waals surface area contributed by atoms with Crippen LogP contribution in [0.15, 0.2) is 30.3 Å². The number of hydrogen-bond acceptors (Lipinski definition) is 5. The average Bonchev–Trinajstić information content (AvgIpc) is 3.34. The summed E-state index contributed by atoms with van der Waals surface area (Å²) in [6.45, 7) is 13.0. The predicted molar refractivity (Wildman–Crippen MR) is 123 cm³/mol. The van der Waals surface area contributed by atoms with E-state index in [1.54, 1.807) is 20.8 Å². The van der Waals surface area contributed by atoms with Gasteiger partial charge in [0.25, 0.3) is 0 Å².